The van der Waals surface area contributed by atoms with Crippen molar-refractivity contribution in [2.24, 2.45) is 5.41 Å². The van der Waals surface area contributed by atoms with E-state index in [2.05, 4.69) is 10.6 Å². The van der Waals surface area contributed by atoms with Gasteiger partial charge >= 0.3 is 5.97 Å². The number of hydrogen-bond acceptors (Lipinski definition) is 4. The summed E-state index contributed by atoms with van der Waals surface area (Å²) in [4.78, 5) is 37.3. The molecule has 2 N–H and O–H groups in total. The highest BCUT2D eigenvalue weighted by Crippen LogP contribution is 2.42. The molecular formula is C21H29ClN2O4. The van der Waals surface area contributed by atoms with Crippen LogP contribution in [0.3, 0.4) is 0 Å². The van der Waals surface area contributed by atoms with Gasteiger partial charge in [0.1, 0.15) is 0 Å². The Bertz CT molecular complexity index is 749. The summed E-state index contributed by atoms with van der Waals surface area (Å²) < 4.78 is 5.30. The van der Waals surface area contributed by atoms with E-state index in [1.807, 2.05) is 27.7 Å². The molecule has 1 saturated carbocycles. The molecule has 0 heterocycles. The Morgan fingerprint density at radius 1 is 1.14 bits per heavy atom. The fourth-order valence-electron chi connectivity index (χ4n) is 3.51. The second-order valence-electron chi connectivity index (χ2n) is 8.55. The zero-order chi connectivity index (χ0) is 20.9. The minimum absolute atomic E-state index is 0.0843. The van der Waals surface area contributed by atoms with Crippen LogP contribution in [0.1, 0.15) is 58.4 Å². The lowest BCUT2D eigenvalue weighted by molar-refractivity contribution is -0.160. The molecule has 0 bridgehead atoms. The van der Waals surface area contributed by atoms with Crippen molar-refractivity contribution >= 4 is 35.1 Å². The lowest BCUT2D eigenvalue weighted by atomic mass is 9.82. The largest absolute Gasteiger partial charge is 0.455 e. The van der Waals surface area contributed by atoms with Crippen LogP contribution < -0.4 is 10.6 Å². The maximum absolute atomic E-state index is 12.7. The number of nitrogens with one attached hydrogen (secondary N) is 2. The number of halogens is 1. The molecule has 1 fully saturated rings. The van der Waals surface area contributed by atoms with Gasteiger partial charge in [-0.1, -0.05) is 24.4 Å². The number of aryl methyl sites for hydroxylation is 1. The fourth-order valence-corrected chi connectivity index (χ4v) is 3.74. The molecule has 0 spiro atoms. The SMILES string of the molecule is Cc1cc(Cl)ccc1NC(=O)COC(=O)C1(CC(=O)NC(C)(C)C)CCCC1. The molecular weight excluding hydrogens is 380 g/mol. The average molecular weight is 409 g/mol. The number of carbonyl (C=O) groups excluding carboxylic acids is 3. The Balaban J connectivity index is 1.94. The first kappa shape index (κ1) is 22.2. The first-order valence-electron chi connectivity index (χ1n) is 9.55. The molecule has 2 amide bonds. The third kappa shape index (κ3) is 6.23. The first-order chi connectivity index (χ1) is 13.0. The Morgan fingerprint density at radius 2 is 1.79 bits per heavy atom. The van der Waals surface area contributed by atoms with Crippen molar-refractivity contribution in [3.63, 3.8) is 0 Å². The van der Waals surface area contributed by atoms with Crippen molar-refractivity contribution in [2.45, 2.75) is 65.3 Å². The molecule has 1 aromatic carbocycles. The molecule has 0 radical (unpaired) electrons. The quantitative estimate of drug-likeness (QED) is 0.697. The number of benzene rings is 1. The summed E-state index contributed by atoms with van der Waals surface area (Å²) in [6, 6.07) is 5.12. The first-order valence-corrected chi connectivity index (χ1v) is 9.93. The summed E-state index contributed by atoms with van der Waals surface area (Å²) in [6.45, 7) is 7.13. The molecule has 0 atom stereocenters. The second kappa shape index (κ2) is 8.95. The number of rotatable bonds is 6. The van der Waals surface area contributed by atoms with E-state index >= 15 is 0 Å². The Hall–Kier alpha value is -2.08. The highest BCUT2D eigenvalue weighted by atomic mass is 35.5. The van der Waals surface area contributed by atoms with Gasteiger partial charge in [-0.15, -0.1) is 0 Å². The van der Waals surface area contributed by atoms with Crippen LogP contribution in [0, 0.1) is 12.3 Å². The molecule has 28 heavy (non-hydrogen) atoms. The standard InChI is InChI=1S/C21H29ClN2O4/c1-14-11-15(22)7-8-16(14)23-18(26)13-28-19(27)21(9-5-6-10-21)12-17(25)24-20(2,3)4/h7-8,11H,5-6,9-10,12-13H2,1-4H3,(H,23,26)(H,24,25). The molecule has 154 valence electrons. The average Bonchev–Trinajstić information content (AvgIpc) is 3.03. The van der Waals surface area contributed by atoms with Gasteiger partial charge in [0.2, 0.25) is 5.91 Å². The number of anilines is 1. The lowest BCUT2D eigenvalue weighted by Crippen LogP contribution is -2.44. The number of hydrogen-bond donors (Lipinski definition) is 2. The molecule has 1 aliphatic rings. The molecule has 0 aromatic heterocycles. The molecule has 0 aliphatic heterocycles. The zero-order valence-corrected chi connectivity index (χ0v) is 17.7. The lowest BCUT2D eigenvalue weighted by Gasteiger charge is -2.28. The third-order valence-electron chi connectivity index (χ3n) is 4.80. The monoisotopic (exact) mass is 408 g/mol. The number of ether oxygens (including phenoxy) is 1. The van der Waals surface area contributed by atoms with Crippen LogP contribution in [0.4, 0.5) is 5.69 Å². The van der Waals surface area contributed by atoms with Gasteiger partial charge in [0.25, 0.3) is 5.91 Å². The number of esters is 1. The molecule has 1 aliphatic carbocycles. The van der Waals surface area contributed by atoms with Crippen molar-refractivity contribution in [3.8, 4) is 0 Å². The van der Waals surface area contributed by atoms with Gasteiger partial charge in [-0.05, 0) is 64.3 Å². The minimum atomic E-state index is -0.841. The van der Waals surface area contributed by atoms with Gasteiger partial charge in [0.05, 0.1) is 5.41 Å². The van der Waals surface area contributed by atoms with Crippen molar-refractivity contribution in [2.75, 3.05) is 11.9 Å². The van der Waals surface area contributed by atoms with Crippen molar-refractivity contribution in [1.29, 1.82) is 0 Å². The zero-order valence-electron chi connectivity index (χ0n) is 17.0. The molecule has 6 nitrogen and oxygen atoms in total. The van der Waals surface area contributed by atoms with Crippen LogP contribution in [0.5, 0.6) is 0 Å². The number of carbonyl (C=O) groups is 3. The molecule has 7 heteroatoms. The highest BCUT2D eigenvalue weighted by Gasteiger charge is 2.44. The maximum Gasteiger partial charge on any atom is 0.313 e. The summed E-state index contributed by atoms with van der Waals surface area (Å²) in [5.74, 6) is -1.07. The van der Waals surface area contributed by atoms with Gasteiger partial charge in [-0.3, -0.25) is 14.4 Å². The Kier molecular flexibility index (Phi) is 7.10. The third-order valence-corrected chi connectivity index (χ3v) is 5.04. The molecule has 0 saturated heterocycles. The van der Waals surface area contributed by atoms with Gasteiger partial charge in [-0.25, -0.2) is 0 Å². The maximum atomic E-state index is 12.7. The second-order valence-corrected chi connectivity index (χ2v) is 8.98. The summed E-state index contributed by atoms with van der Waals surface area (Å²) in [5.41, 5.74) is 0.229. The Labute approximate surface area is 171 Å². The van der Waals surface area contributed by atoms with Crippen molar-refractivity contribution in [3.05, 3.63) is 28.8 Å². The van der Waals surface area contributed by atoms with Gasteiger partial charge in [0, 0.05) is 22.7 Å². The Morgan fingerprint density at radius 3 is 2.36 bits per heavy atom. The van der Waals surface area contributed by atoms with E-state index in [0.717, 1.165) is 18.4 Å². The van der Waals surface area contributed by atoms with Gasteiger partial charge < -0.3 is 15.4 Å². The topological polar surface area (TPSA) is 84.5 Å². The predicted octanol–water partition coefficient (Wildman–Crippen LogP) is 4.00. The summed E-state index contributed by atoms with van der Waals surface area (Å²) >= 11 is 5.91. The van der Waals surface area contributed by atoms with Crippen LogP contribution in [0.15, 0.2) is 18.2 Å². The van der Waals surface area contributed by atoms with E-state index in [1.54, 1.807) is 18.2 Å². The summed E-state index contributed by atoms with van der Waals surface area (Å²) in [5, 5.41) is 6.19. The van der Waals surface area contributed by atoms with E-state index < -0.39 is 17.3 Å². The van der Waals surface area contributed by atoms with Crippen LogP contribution >= 0.6 is 11.6 Å². The van der Waals surface area contributed by atoms with Crippen molar-refractivity contribution < 1.29 is 19.1 Å². The van der Waals surface area contributed by atoms with Crippen LogP contribution in [0.2, 0.25) is 5.02 Å². The summed E-state index contributed by atoms with van der Waals surface area (Å²) in [6.07, 6.45) is 3.02. The minimum Gasteiger partial charge on any atom is -0.455 e. The molecule has 0 unspecified atom stereocenters. The van der Waals surface area contributed by atoms with Gasteiger partial charge in [0.15, 0.2) is 6.61 Å². The summed E-state index contributed by atoms with van der Waals surface area (Å²) in [7, 11) is 0. The van der Waals surface area contributed by atoms with Crippen LogP contribution in [-0.2, 0) is 19.1 Å². The van der Waals surface area contributed by atoms with E-state index in [1.165, 1.54) is 0 Å². The van der Waals surface area contributed by atoms with Crippen molar-refractivity contribution in [1.82, 2.24) is 5.32 Å². The predicted molar refractivity (Wildman–Crippen MR) is 109 cm³/mol. The normalized spacial score (nSPS) is 15.8. The van der Waals surface area contributed by atoms with E-state index in [4.69, 9.17) is 16.3 Å². The number of amides is 2. The van der Waals surface area contributed by atoms with Crippen LogP contribution in [-0.4, -0.2) is 29.9 Å². The van der Waals surface area contributed by atoms with Crippen LogP contribution in [0.25, 0.3) is 0 Å². The van der Waals surface area contributed by atoms with E-state index in [9.17, 15) is 14.4 Å². The van der Waals surface area contributed by atoms with Gasteiger partial charge in [-0.2, -0.15) is 0 Å². The van der Waals surface area contributed by atoms with E-state index in [0.29, 0.717) is 23.6 Å². The smallest absolute Gasteiger partial charge is 0.313 e. The highest BCUT2D eigenvalue weighted by molar-refractivity contribution is 6.30. The van der Waals surface area contributed by atoms with E-state index in [-0.39, 0.29) is 24.5 Å². The molecule has 2 rings (SSSR count). The molecule has 1 aromatic rings. The fraction of sp³-hybridized carbons (Fsp3) is 0.571.